The third kappa shape index (κ3) is 4.59. The smallest absolute Gasteiger partial charge is 0.328 e. The van der Waals surface area contributed by atoms with Crippen molar-refractivity contribution in [3.8, 4) is 0 Å². The zero-order valence-electron chi connectivity index (χ0n) is 10.7. The molecule has 0 aromatic heterocycles. The van der Waals surface area contributed by atoms with E-state index in [0.29, 0.717) is 6.42 Å². The number of urea groups is 1. The third-order valence-electron chi connectivity index (χ3n) is 2.70. The number of amides is 2. The lowest BCUT2D eigenvalue weighted by Gasteiger charge is -2.19. The summed E-state index contributed by atoms with van der Waals surface area (Å²) in [7, 11) is 0. The number of carboxylic acids is 1. The minimum absolute atomic E-state index is 0.200. The van der Waals surface area contributed by atoms with Crippen LogP contribution in [-0.2, 0) is 4.79 Å². The monoisotopic (exact) mass is 266 g/mol. The van der Waals surface area contributed by atoms with Crippen molar-refractivity contribution >= 4 is 12.0 Å². The van der Waals surface area contributed by atoms with E-state index >= 15 is 0 Å². The molecule has 1 unspecified atom stereocenters. The highest BCUT2D eigenvalue weighted by molar-refractivity contribution is 5.82. The lowest BCUT2D eigenvalue weighted by molar-refractivity contribution is -0.140. The summed E-state index contributed by atoms with van der Waals surface area (Å²) in [5, 5.41) is 22.4. The Labute approximate surface area is 111 Å². The van der Waals surface area contributed by atoms with E-state index in [-0.39, 0.29) is 6.04 Å². The van der Waals surface area contributed by atoms with E-state index in [2.05, 4.69) is 10.6 Å². The van der Waals surface area contributed by atoms with Gasteiger partial charge in [-0.25, -0.2) is 9.59 Å². The zero-order chi connectivity index (χ0) is 14.3. The minimum atomic E-state index is -1.30. The Morgan fingerprint density at radius 1 is 1.21 bits per heavy atom. The van der Waals surface area contributed by atoms with Gasteiger partial charge >= 0.3 is 12.0 Å². The molecule has 0 saturated heterocycles. The van der Waals surface area contributed by atoms with Crippen molar-refractivity contribution in [2.45, 2.75) is 25.4 Å². The summed E-state index contributed by atoms with van der Waals surface area (Å²) < 4.78 is 0. The molecule has 0 fully saturated rings. The molecule has 1 aromatic rings. The van der Waals surface area contributed by atoms with Crippen molar-refractivity contribution in [3.63, 3.8) is 0 Å². The Kier molecular flexibility index (Phi) is 5.81. The van der Waals surface area contributed by atoms with Crippen LogP contribution in [0.1, 0.15) is 24.9 Å². The Hall–Kier alpha value is -2.08. The van der Waals surface area contributed by atoms with Gasteiger partial charge in [0.25, 0.3) is 0 Å². The fourth-order valence-corrected chi connectivity index (χ4v) is 1.65. The predicted molar refractivity (Wildman–Crippen MR) is 69.7 cm³/mol. The third-order valence-corrected chi connectivity index (χ3v) is 2.70. The molecule has 0 aliphatic carbocycles. The Morgan fingerprint density at radius 3 is 2.32 bits per heavy atom. The molecule has 0 heterocycles. The number of benzene rings is 1. The summed E-state index contributed by atoms with van der Waals surface area (Å²) in [6, 6.07) is 7.27. The van der Waals surface area contributed by atoms with Crippen molar-refractivity contribution in [1.29, 1.82) is 0 Å². The number of aliphatic carboxylic acids is 1. The summed E-state index contributed by atoms with van der Waals surface area (Å²) in [5.74, 6) is -1.27. The Morgan fingerprint density at radius 2 is 1.84 bits per heavy atom. The van der Waals surface area contributed by atoms with Crippen LogP contribution in [0.15, 0.2) is 30.3 Å². The van der Waals surface area contributed by atoms with Crippen molar-refractivity contribution in [3.05, 3.63) is 35.9 Å². The Balaban J connectivity index is 2.61. The average molecular weight is 266 g/mol. The van der Waals surface area contributed by atoms with Crippen LogP contribution in [0.4, 0.5) is 4.79 Å². The van der Waals surface area contributed by atoms with Gasteiger partial charge in [-0.15, -0.1) is 0 Å². The molecule has 0 bridgehead atoms. The molecule has 6 nitrogen and oxygen atoms in total. The van der Waals surface area contributed by atoms with Crippen molar-refractivity contribution < 1.29 is 19.8 Å². The highest BCUT2D eigenvalue weighted by Crippen LogP contribution is 2.15. The minimum Gasteiger partial charge on any atom is -0.480 e. The molecule has 104 valence electrons. The molecular weight excluding hydrogens is 248 g/mol. The second kappa shape index (κ2) is 7.38. The second-order valence-electron chi connectivity index (χ2n) is 4.06. The predicted octanol–water partition coefficient (Wildman–Crippen LogP) is 0.882. The van der Waals surface area contributed by atoms with Crippen LogP contribution >= 0.6 is 0 Å². The molecule has 4 N–H and O–H groups in total. The van der Waals surface area contributed by atoms with Gasteiger partial charge in [-0.1, -0.05) is 37.3 Å². The number of nitrogens with one attached hydrogen (secondary N) is 2. The highest BCUT2D eigenvalue weighted by Gasteiger charge is 2.20. The topological polar surface area (TPSA) is 98.7 Å². The molecule has 2 atom stereocenters. The Bertz CT molecular complexity index is 422. The fraction of sp³-hybridized carbons (Fsp3) is 0.385. The van der Waals surface area contributed by atoms with E-state index in [1.807, 2.05) is 37.3 Å². The van der Waals surface area contributed by atoms with Crippen LogP contribution < -0.4 is 10.6 Å². The number of carbonyl (C=O) groups is 2. The van der Waals surface area contributed by atoms with E-state index < -0.39 is 24.6 Å². The van der Waals surface area contributed by atoms with Crippen LogP contribution in [-0.4, -0.2) is 34.9 Å². The summed E-state index contributed by atoms with van der Waals surface area (Å²) >= 11 is 0. The van der Waals surface area contributed by atoms with Gasteiger partial charge in [0.1, 0.15) is 0 Å². The van der Waals surface area contributed by atoms with E-state index in [0.717, 1.165) is 5.56 Å². The maximum absolute atomic E-state index is 11.7. The van der Waals surface area contributed by atoms with Crippen LogP contribution in [0.3, 0.4) is 0 Å². The number of carbonyl (C=O) groups excluding carboxylic acids is 1. The maximum Gasteiger partial charge on any atom is 0.328 e. The van der Waals surface area contributed by atoms with Gasteiger partial charge in [0.2, 0.25) is 0 Å². The van der Waals surface area contributed by atoms with Crippen LogP contribution in [0.25, 0.3) is 0 Å². The van der Waals surface area contributed by atoms with Crippen molar-refractivity contribution in [2.75, 3.05) is 6.61 Å². The standard InChI is InChI=1S/C13H18N2O4/c1-2-10(9-6-4-3-5-7-9)14-13(19)15-11(8-16)12(17)18/h3-7,10-11,16H,2,8H2,1H3,(H,17,18)(H2,14,15,19)/t10?,11-/m0/s1. The second-order valence-corrected chi connectivity index (χ2v) is 4.06. The molecule has 0 saturated carbocycles. The average Bonchev–Trinajstić information content (AvgIpc) is 2.42. The molecule has 0 radical (unpaired) electrons. The molecule has 1 rings (SSSR count). The summed E-state index contributed by atoms with van der Waals surface area (Å²) in [6.07, 6.45) is 0.675. The largest absolute Gasteiger partial charge is 0.480 e. The summed E-state index contributed by atoms with van der Waals surface area (Å²) in [5.41, 5.74) is 0.941. The number of hydrogen-bond donors (Lipinski definition) is 4. The number of rotatable bonds is 6. The quantitative estimate of drug-likeness (QED) is 0.614. The normalized spacial score (nSPS) is 13.4. The zero-order valence-corrected chi connectivity index (χ0v) is 10.7. The molecule has 0 aliphatic heterocycles. The molecule has 19 heavy (non-hydrogen) atoms. The number of hydrogen-bond acceptors (Lipinski definition) is 3. The highest BCUT2D eigenvalue weighted by atomic mass is 16.4. The number of aliphatic hydroxyl groups excluding tert-OH is 1. The van der Waals surface area contributed by atoms with Crippen LogP contribution in [0, 0.1) is 0 Å². The van der Waals surface area contributed by atoms with Gasteiger partial charge in [0.15, 0.2) is 6.04 Å². The van der Waals surface area contributed by atoms with Gasteiger partial charge in [-0.05, 0) is 12.0 Å². The number of aliphatic hydroxyl groups is 1. The first-order chi connectivity index (χ1) is 9.08. The molecule has 0 spiro atoms. The van der Waals surface area contributed by atoms with E-state index in [1.165, 1.54) is 0 Å². The van der Waals surface area contributed by atoms with Gasteiger partial charge in [-0.3, -0.25) is 0 Å². The van der Waals surface area contributed by atoms with Gasteiger partial charge in [0, 0.05) is 0 Å². The first kappa shape index (κ1) is 15.0. The molecule has 1 aromatic carbocycles. The van der Waals surface area contributed by atoms with E-state index in [1.54, 1.807) is 0 Å². The lowest BCUT2D eigenvalue weighted by Crippen LogP contribution is -2.48. The number of carboxylic acid groups (broad SMARTS) is 1. The fourth-order valence-electron chi connectivity index (χ4n) is 1.65. The van der Waals surface area contributed by atoms with E-state index in [4.69, 9.17) is 10.2 Å². The lowest BCUT2D eigenvalue weighted by atomic mass is 10.1. The van der Waals surface area contributed by atoms with Crippen molar-refractivity contribution in [2.24, 2.45) is 0 Å². The molecular formula is C13H18N2O4. The molecule has 6 heteroatoms. The van der Waals surface area contributed by atoms with Gasteiger partial charge < -0.3 is 20.8 Å². The first-order valence-corrected chi connectivity index (χ1v) is 6.04. The maximum atomic E-state index is 11.7. The first-order valence-electron chi connectivity index (χ1n) is 6.04. The van der Waals surface area contributed by atoms with Gasteiger partial charge in [0.05, 0.1) is 12.6 Å². The summed E-state index contributed by atoms with van der Waals surface area (Å²) in [4.78, 5) is 22.4. The molecule has 0 aliphatic rings. The van der Waals surface area contributed by atoms with Crippen LogP contribution in [0.2, 0.25) is 0 Å². The van der Waals surface area contributed by atoms with E-state index in [9.17, 15) is 9.59 Å². The SMILES string of the molecule is CCC(NC(=O)N[C@@H](CO)C(=O)O)c1ccccc1. The summed E-state index contributed by atoms with van der Waals surface area (Å²) in [6.45, 7) is 1.27. The van der Waals surface area contributed by atoms with Crippen molar-refractivity contribution in [1.82, 2.24) is 10.6 Å². The van der Waals surface area contributed by atoms with Crippen LogP contribution in [0.5, 0.6) is 0 Å². The molecule has 2 amide bonds. The van der Waals surface area contributed by atoms with Gasteiger partial charge in [-0.2, -0.15) is 0 Å².